The molecule has 5 rings (SSSR count). The van der Waals surface area contributed by atoms with E-state index in [4.69, 9.17) is 9.15 Å². The van der Waals surface area contributed by atoms with Crippen LogP contribution in [0.4, 0.5) is 13.2 Å². The van der Waals surface area contributed by atoms with Crippen molar-refractivity contribution in [3.05, 3.63) is 112 Å². The Labute approximate surface area is 229 Å². The summed E-state index contributed by atoms with van der Waals surface area (Å²) in [5, 5.41) is -0.204. The van der Waals surface area contributed by atoms with Crippen LogP contribution in [-0.4, -0.2) is 20.6 Å². The lowest BCUT2D eigenvalue weighted by molar-refractivity contribution is -0.136. The van der Waals surface area contributed by atoms with Gasteiger partial charge in [0.1, 0.15) is 5.58 Å². The van der Waals surface area contributed by atoms with Crippen molar-refractivity contribution in [3.63, 3.8) is 0 Å². The van der Waals surface area contributed by atoms with Gasteiger partial charge in [-0.3, -0.25) is 0 Å². The molecule has 6 nitrogen and oxygen atoms in total. The quantitative estimate of drug-likeness (QED) is 0.254. The third-order valence-electron chi connectivity index (χ3n) is 7.07. The zero-order chi connectivity index (χ0) is 28.3. The normalized spacial score (nSPS) is 18.2. The van der Waals surface area contributed by atoms with Gasteiger partial charge in [0.2, 0.25) is 10.0 Å². The molecule has 1 N–H and O–H groups in total. The number of halogens is 3. The third-order valence-corrected chi connectivity index (χ3v) is 8.58. The van der Waals surface area contributed by atoms with Gasteiger partial charge in [0, 0.05) is 17.5 Å². The zero-order valence-electron chi connectivity index (χ0n) is 21.5. The third kappa shape index (κ3) is 6.63. The molecular formula is C30H28F3NO5S. The monoisotopic (exact) mass is 571 g/mol. The highest BCUT2D eigenvalue weighted by Crippen LogP contribution is 2.34. The van der Waals surface area contributed by atoms with Gasteiger partial charge in [-0.2, -0.15) is 13.2 Å². The summed E-state index contributed by atoms with van der Waals surface area (Å²) in [5.41, 5.74) is 0.0232. The van der Waals surface area contributed by atoms with Crippen molar-refractivity contribution in [2.24, 2.45) is 0 Å². The van der Waals surface area contributed by atoms with Crippen LogP contribution in [0.15, 0.2) is 93.0 Å². The molecule has 10 heteroatoms. The SMILES string of the molecule is O=c1cc(C(F)(F)F)c2cc(Cc3ccc(S(=O)(=O)NC4CCCCC4OCc4ccccc4)cc3)ccc2o1. The number of fused-ring (bicyclic) bond motifs is 1. The Morgan fingerprint density at radius 3 is 2.30 bits per heavy atom. The van der Waals surface area contributed by atoms with Crippen molar-refractivity contribution in [1.82, 2.24) is 4.72 Å². The summed E-state index contributed by atoms with van der Waals surface area (Å²) in [6, 6.07) is 20.3. The number of ether oxygens (including phenoxy) is 1. The van der Waals surface area contributed by atoms with E-state index in [9.17, 15) is 26.4 Å². The fraction of sp³-hybridized carbons (Fsp3) is 0.300. The summed E-state index contributed by atoms with van der Waals surface area (Å²) in [7, 11) is -3.82. The first-order chi connectivity index (χ1) is 19.1. The van der Waals surface area contributed by atoms with Gasteiger partial charge < -0.3 is 9.15 Å². The molecule has 210 valence electrons. The lowest BCUT2D eigenvalue weighted by atomic mass is 9.93. The van der Waals surface area contributed by atoms with E-state index < -0.39 is 27.4 Å². The minimum atomic E-state index is -4.71. The van der Waals surface area contributed by atoms with Crippen LogP contribution in [0.5, 0.6) is 0 Å². The molecule has 0 saturated heterocycles. The molecule has 1 aliphatic rings. The molecule has 2 unspecified atom stereocenters. The van der Waals surface area contributed by atoms with E-state index in [1.165, 1.54) is 24.3 Å². The van der Waals surface area contributed by atoms with Crippen LogP contribution in [0.2, 0.25) is 0 Å². The topological polar surface area (TPSA) is 85.6 Å². The lowest BCUT2D eigenvalue weighted by Crippen LogP contribution is -2.46. The molecule has 0 spiro atoms. The summed E-state index contributed by atoms with van der Waals surface area (Å²) in [6.45, 7) is 0.407. The summed E-state index contributed by atoms with van der Waals surface area (Å²) in [5.74, 6) is 0. The van der Waals surface area contributed by atoms with Crippen LogP contribution >= 0.6 is 0 Å². The first-order valence-electron chi connectivity index (χ1n) is 13.0. The molecule has 4 aromatic rings. The second-order valence-electron chi connectivity index (χ2n) is 9.98. The predicted octanol–water partition coefficient (Wildman–Crippen LogP) is 6.21. The van der Waals surface area contributed by atoms with Gasteiger partial charge >= 0.3 is 11.8 Å². The van der Waals surface area contributed by atoms with Crippen molar-refractivity contribution in [3.8, 4) is 0 Å². The molecular weight excluding hydrogens is 543 g/mol. The van der Waals surface area contributed by atoms with E-state index in [0.29, 0.717) is 30.2 Å². The standard InChI is InChI=1S/C30H28F3NO5S/c31-30(32,33)25-18-29(35)39-27-15-12-22(17-24(25)27)16-20-10-13-23(14-11-20)40(36,37)34-26-8-4-5-9-28(26)38-19-21-6-2-1-3-7-21/h1-3,6-7,10-15,17-18,26,28,34H,4-5,8-9,16,19H2. The summed E-state index contributed by atoms with van der Waals surface area (Å²) in [4.78, 5) is 11.6. The molecule has 0 aliphatic heterocycles. The minimum absolute atomic E-state index is 0.100. The number of nitrogens with one attached hydrogen (secondary N) is 1. The van der Waals surface area contributed by atoms with E-state index >= 15 is 0 Å². The van der Waals surface area contributed by atoms with Gasteiger partial charge in [-0.1, -0.05) is 61.4 Å². The fourth-order valence-corrected chi connectivity index (χ4v) is 6.35. The average molecular weight is 572 g/mol. The number of hydrogen-bond donors (Lipinski definition) is 1. The molecule has 0 bridgehead atoms. The van der Waals surface area contributed by atoms with Gasteiger partial charge in [-0.15, -0.1) is 0 Å². The maximum atomic E-state index is 13.5. The zero-order valence-corrected chi connectivity index (χ0v) is 22.3. The highest BCUT2D eigenvalue weighted by molar-refractivity contribution is 7.89. The molecule has 1 aromatic heterocycles. The van der Waals surface area contributed by atoms with Gasteiger partial charge in [0.15, 0.2) is 0 Å². The molecule has 3 aromatic carbocycles. The first-order valence-corrected chi connectivity index (χ1v) is 14.5. The van der Waals surface area contributed by atoms with Crippen molar-refractivity contribution in [2.45, 2.75) is 61.9 Å². The predicted molar refractivity (Wildman–Crippen MR) is 144 cm³/mol. The van der Waals surface area contributed by atoms with Crippen molar-refractivity contribution >= 4 is 21.0 Å². The number of rotatable bonds is 8. The number of sulfonamides is 1. The molecule has 40 heavy (non-hydrogen) atoms. The molecule has 1 saturated carbocycles. The van der Waals surface area contributed by atoms with Crippen LogP contribution < -0.4 is 10.3 Å². The van der Waals surface area contributed by atoms with Crippen LogP contribution in [0.1, 0.15) is 47.9 Å². The highest BCUT2D eigenvalue weighted by Gasteiger charge is 2.34. The van der Waals surface area contributed by atoms with Crippen LogP contribution in [-0.2, 0) is 34.0 Å². The maximum absolute atomic E-state index is 13.5. The molecule has 1 heterocycles. The molecule has 2 atom stereocenters. The van der Waals surface area contributed by atoms with Crippen LogP contribution in [0, 0.1) is 0 Å². The highest BCUT2D eigenvalue weighted by atomic mass is 32.2. The average Bonchev–Trinajstić information content (AvgIpc) is 2.92. The van der Waals surface area contributed by atoms with Gasteiger partial charge in [0.05, 0.1) is 23.2 Å². The van der Waals surface area contributed by atoms with Crippen molar-refractivity contribution in [2.75, 3.05) is 0 Å². The van der Waals surface area contributed by atoms with E-state index in [2.05, 4.69) is 4.72 Å². The van der Waals surface area contributed by atoms with Crippen LogP contribution in [0.25, 0.3) is 11.0 Å². The summed E-state index contributed by atoms with van der Waals surface area (Å²) >= 11 is 0. The minimum Gasteiger partial charge on any atom is -0.423 e. The Hall–Kier alpha value is -3.47. The first kappa shape index (κ1) is 28.1. The van der Waals surface area contributed by atoms with Gasteiger partial charge in [0.25, 0.3) is 0 Å². The van der Waals surface area contributed by atoms with Crippen molar-refractivity contribution in [1.29, 1.82) is 0 Å². The van der Waals surface area contributed by atoms with E-state index in [-0.39, 0.29) is 34.4 Å². The molecule has 0 amide bonds. The van der Waals surface area contributed by atoms with E-state index in [0.717, 1.165) is 24.8 Å². The molecule has 0 radical (unpaired) electrons. The number of alkyl halides is 3. The Bertz CT molecular complexity index is 1630. The number of hydrogen-bond acceptors (Lipinski definition) is 5. The summed E-state index contributed by atoms with van der Waals surface area (Å²) < 4.78 is 80.6. The largest absolute Gasteiger partial charge is 0.423 e. The fourth-order valence-electron chi connectivity index (χ4n) is 5.05. The summed E-state index contributed by atoms with van der Waals surface area (Å²) in [6.07, 6.45) is -1.36. The Balaban J connectivity index is 1.28. The molecule has 1 fully saturated rings. The second-order valence-corrected chi connectivity index (χ2v) is 11.7. The Kier molecular flexibility index (Phi) is 8.11. The second kappa shape index (κ2) is 11.6. The number of benzene rings is 3. The smallest absolute Gasteiger partial charge is 0.417 e. The van der Waals surface area contributed by atoms with Gasteiger partial charge in [-0.25, -0.2) is 17.9 Å². The van der Waals surface area contributed by atoms with E-state index in [1.807, 2.05) is 30.3 Å². The lowest BCUT2D eigenvalue weighted by Gasteiger charge is -2.32. The Morgan fingerprint density at radius 1 is 0.875 bits per heavy atom. The Morgan fingerprint density at radius 2 is 1.57 bits per heavy atom. The van der Waals surface area contributed by atoms with E-state index in [1.54, 1.807) is 18.2 Å². The van der Waals surface area contributed by atoms with Crippen molar-refractivity contribution < 1.29 is 30.7 Å². The van der Waals surface area contributed by atoms with Crippen LogP contribution in [0.3, 0.4) is 0 Å². The maximum Gasteiger partial charge on any atom is 0.417 e. The molecule has 1 aliphatic carbocycles. The van der Waals surface area contributed by atoms with Gasteiger partial charge in [-0.05, 0) is 60.2 Å².